The first-order chi connectivity index (χ1) is 4.22. The molecule has 10 heavy (non-hydrogen) atoms. The standard InChI is InChI=1S/C5H11NO3.ClH/c1-6-4(2-3-7)5(8)9;/h4,6-7H,2-3H2,1H3,(H,8,9);1H/t4-;/m1./s1. The molecule has 0 heterocycles. The van der Waals surface area contributed by atoms with Gasteiger partial charge in [-0.1, -0.05) is 0 Å². The third-order valence-corrected chi connectivity index (χ3v) is 1.06. The molecule has 3 N–H and O–H groups in total. The zero-order chi connectivity index (χ0) is 7.28. The summed E-state index contributed by atoms with van der Waals surface area (Å²) in [5, 5.41) is 19.2. The van der Waals surface area contributed by atoms with E-state index in [0.29, 0.717) is 0 Å². The molecule has 62 valence electrons. The molecular formula is C5H12ClNO3. The Labute approximate surface area is 65.7 Å². The highest BCUT2D eigenvalue weighted by Crippen LogP contribution is 1.87. The average Bonchev–Trinajstić information content (AvgIpc) is 1.82. The van der Waals surface area contributed by atoms with Gasteiger partial charge in [-0.25, -0.2) is 0 Å². The van der Waals surface area contributed by atoms with Gasteiger partial charge in [-0.05, 0) is 13.5 Å². The van der Waals surface area contributed by atoms with Gasteiger partial charge in [0.15, 0.2) is 0 Å². The molecule has 0 aromatic rings. The molecule has 0 unspecified atom stereocenters. The third-order valence-electron chi connectivity index (χ3n) is 1.06. The van der Waals surface area contributed by atoms with Gasteiger partial charge in [0.05, 0.1) is 0 Å². The second-order valence-electron chi connectivity index (χ2n) is 1.69. The normalized spacial score (nSPS) is 11.8. The fourth-order valence-corrected chi connectivity index (χ4v) is 0.520. The molecule has 1 atom stereocenters. The number of aliphatic carboxylic acids is 1. The number of hydrogen-bond acceptors (Lipinski definition) is 3. The van der Waals surface area contributed by atoms with Crippen LogP contribution in [0.2, 0.25) is 0 Å². The monoisotopic (exact) mass is 169 g/mol. The van der Waals surface area contributed by atoms with Crippen LogP contribution in [0, 0.1) is 0 Å². The minimum Gasteiger partial charge on any atom is -0.480 e. The fraction of sp³-hybridized carbons (Fsp3) is 0.800. The van der Waals surface area contributed by atoms with Crippen molar-refractivity contribution >= 4 is 18.4 Å². The highest BCUT2D eigenvalue weighted by molar-refractivity contribution is 5.85. The van der Waals surface area contributed by atoms with Crippen molar-refractivity contribution in [2.24, 2.45) is 0 Å². The summed E-state index contributed by atoms with van der Waals surface area (Å²) in [5.74, 6) is -0.924. The zero-order valence-corrected chi connectivity index (χ0v) is 6.52. The predicted octanol–water partition coefficient (Wildman–Crippen LogP) is -0.537. The minimum absolute atomic E-state index is 0. The number of halogens is 1. The van der Waals surface area contributed by atoms with E-state index in [9.17, 15) is 4.79 Å². The summed E-state index contributed by atoms with van der Waals surface area (Å²) in [4.78, 5) is 10.1. The van der Waals surface area contributed by atoms with Crippen molar-refractivity contribution in [1.82, 2.24) is 5.32 Å². The first kappa shape index (κ1) is 12.4. The smallest absolute Gasteiger partial charge is 0.320 e. The second-order valence-corrected chi connectivity index (χ2v) is 1.69. The number of aliphatic hydroxyl groups excluding tert-OH is 1. The van der Waals surface area contributed by atoms with Crippen molar-refractivity contribution in [2.75, 3.05) is 13.7 Å². The van der Waals surface area contributed by atoms with Gasteiger partial charge in [-0.2, -0.15) is 0 Å². The predicted molar refractivity (Wildman–Crippen MR) is 39.4 cm³/mol. The van der Waals surface area contributed by atoms with E-state index >= 15 is 0 Å². The van der Waals surface area contributed by atoms with Crippen LogP contribution >= 0.6 is 12.4 Å². The Bertz CT molecular complexity index is 98.9. The van der Waals surface area contributed by atoms with E-state index in [1.165, 1.54) is 0 Å². The Morgan fingerprint density at radius 2 is 2.20 bits per heavy atom. The molecule has 0 bridgehead atoms. The van der Waals surface area contributed by atoms with Gasteiger partial charge in [-0.15, -0.1) is 12.4 Å². The summed E-state index contributed by atoms with van der Waals surface area (Å²) in [7, 11) is 1.55. The largest absolute Gasteiger partial charge is 0.480 e. The second kappa shape index (κ2) is 6.80. The number of nitrogens with one attached hydrogen (secondary N) is 1. The van der Waals surface area contributed by atoms with Crippen LogP contribution in [-0.4, -0.2) is 35.9 Å². The maximum Gasteiger partial charge on any atom is 0.320 e. The Morgan fingerprint density at radius 3 is 2.30 bits per heavy atom. The average molecular weight is 170 g/mol. The summed E-state index contributed by atoms with van der Waals surface area (Å²) in [6.07, 6.45) is 0.256. The van der Waals surface area contributed by atoms with E-state index in [2.05, 4.69) is 5.32 Å². The molecule has 0 saturated carbocycles. The van der Waals surface area contributed by atoms with Gasteiger partial charge >= 0.3 is 5.97 Å². The van der Waals surface area contributed by atoms with Gasteiger partial charge < -0.3 is 15.5 Å². The number of carbonyl (C=O) groups is 1. The van der Waals surface area contributed by atoms with Crippen molar-refractivity contribution in [3.8, 4) is 0 Å². The number of aliphatic hydroxyl groups is 1. The molecular weight excluding hydrogens is 158 g/mol. The fourth-order valence-electron chi connectivity index (χ4n) is 0.520. The molecule has 0 aliphatic heterocycles. The molecule has 0 aromatic carbocycles. The summed E-state index contributed by atoms with van der Waals surface area (Å²) in [5.41, 5.74) is 0. The molecule has 4 nitrogen and oxygen atoms in total. The van der Waals surface area contributed by atoms with E-state index in [4.69, 9.17) is 10.2 Å². The molecule has 0 spiro atoms. The Balaban J connectivity index is 0. The summed E-state index contributed by atoms with van der Waals surface area (Å²) in [6.45, 7) is -0.0994. The quantitative estimate of drug-likeness (QED) is 0.529. The maximum absolute atomic E-state index is 10.1. The Hall–Kier alpha value is -0.320. The van der Waals surface area contributed by atoms with Crippen molar-refractivity contribution in [3.05, 3.63) is 0 Å². The molecule has 0 aliphatic rings. The summed E-state index contributed by atoms with van der Waals surface area (Å²) < 4.78 is 0. The van der Waals surface area contributed by atoms with Gasteiger partial charge in [0.25, 0.3) is 0 Å². The molecule has 0 aromatic heterocycles. The number of rotatable bonds is 4. The van der Waals surface area contributed by atoms with E-state index in [1.807, 2.05) is 0 Å². The minimum atomic E-state index is -0.924. The molecule has 0 aliphatic carbocycles. The van der Waals surface area contributed by atoms with Crippen LogP contribution in [0.1, 0.15) is 6.42 Å². The van der Waals surface area contributed by atoms with Crippen molar-refractivity contribution < 1.29 is 15.0 Å². The topological polar surface area (TPSA) is 69.6 Å². The third kappa shape index (κ3) is 4.55. The van der Waals surface area contributed by atoms with Crippen LogP contribution < -0.4 is 5.32 Å². The van der Waals surface area contributed by atoms with Crippen LogP contribution in [0.5, 0.6) is 0 Å². The Kier molecular flexibility index (Phi) is 8.40. The lowest BCUT2D eigenvalue weighted by Gasteiger charge is -2.07. The van der Waals surface area contributed by atoms with Crippen LogP contribution in [0.25, 0.3) is 0 Å². The highest BCUT2D eigenvalue weighted by atomic mass is 35.5. The number of hydrogen-bond donors (Lipinski definition) is 3. The van der Waals surface area contributed by atoms with Crippen LogP contribution in [0.15, 0.2) is 0 Å². The first-order valence-electron chi connectivity index (χ1n) is 2.73. The van der Waals surface area contributed by atoms with Crippen molar-refractivity contribution in [2.45, 2.75) is 12.5 Å². The lowest BCUT2D eigenvalue weighted by molar-refractivity contribution is -0.139. The van der Waals surface area contributed by atoms with Crippen molar-refractivity contribution in [1.29, 1.82) is 0 Å². The van der Waals surface area contributed by atoms with E-state index in [0.717, 1.165) is 0 Å². The van der Waals surface area contributed by atoms with Gasteiger partial charge in [0.2, 0.25) is 0 Å². The molecule has 0 rings (SSSR count). The lowest BCUT2D eigenvalue weighted by Crippen LogP contribution is -2.34. The zero-order valence-electron chi connectivity index (χ0n) is 5.70. The Morgan fingerprint density at radius 1 is 1.70 bits per heavy atom. The molecule has 0 fully saturated rings. The summed E-state index contributed by atoms with van der Waals surface area (Å²) >= 11 is 0. The van der Waals surface area contributed by atoms with Crippen LogP contribution in [-0.2, 0) is 4.79 Å². The van der Waals surface area contributed by atoms with Crippen LogP contribution in [0.4, 0.5) is 0 Å². The van der Waals surface area contributed by atoms with E-state index in [1.54, 1.807) is 7.05 Å². The molecule has 5 heteroatoms. The van der Waals surface area contributed by atoms with Gasteiger partial charge in [0.1, 0.15) is 6.04 Å². The highest BCUT2D eigenvalue weighted by Gasteiger charge is 2.12. The number of carboxylic acids is 1. The lowest BCUT2D eigenvalue weighted by atomic mass is 10.2. The molecule has 0 radical (unpaired) electrons. The van der Waals surface area contributed by atoms with Gasteiger partial charge in [0, 0.05) is 6.61 Å². The van der Waals surface area contributed by atoms with Gasteiger partial charge in [-0.3, -0.25) is 4.79 Å². The summed E-state index contributed by atoms with van der Waals surface area (Å²) in [6, 6.07) is -0.616. The maximum atomic E-state index is 10.1. The molecule has 0 saturated heterocycles. The number of likely N-dealkylation sites (N-methyl/N-ethyl adjacent to an activating group) is 1. The van der Waals surface area contributed by atoms with E-state index < -0.39 is 12.0 Å². The number of carboxylic acid groups (broad SMARTS) is 1. The van der Waals surface area contributed by atoms with Crippen molar-refractivity contribution in [3.63, 3.8) is 0 Å². The van der Waals surface area contributed by atoms with E-state index in [-0.39, 0.29) is 25.4 Å². The van der Waals surface area contributed by atoms with Crippen LogP contribution in [0.3, 0.4) is 0 Å². The first-order valence-corrected chi connectivity index (χ1v) is 2.73. The molecule has 0 amide bonds. The SMILES string of the molecule is CN[C@H](CCO)C(=O)O.Cl.